The molecular formula is C20H16ClN3OS. The van der Waals surface area contributed by atoms with Crippen LogP contribution in [0.15, 0.2) is 53.6 Å². The molecule has 0 aliphatic rings. The maximum Gasteiger partial charge on any atom is 0.283 e. The van der Waals surface area contributed by atoms with Gasteiger partial charge in [0.25, 0.3) is 5.91 Å². The van der Waals surface area contributed by atoms with E-state index in [4.69, 9.17) is 11.6 Å². The van der Waals surface area contributed by atoms with Gasteiger partial charge in [0.1, 0.15) is 4.88 Å². The fourth-order valence-electron chi connectivity index (χ4n) is 3.08. The zero-order valence-electron chi connectivity index (χ0n) is 14.3. The first-order chi connectivity index (χ1) is 12.6. The van der Waals surface area contributed by atoms with E-state index in [0.29, 0.717) is 9.90 Å². The summed E-state index contributed by atoms with van der Waals surface area (Å²) in [5.74, 6) is -0.301. The Balaban J connectivity index is 1.62. The first-order valence-electron chi connectivity index (χ1n) is 8.12. The van der Waals surface area contributed by atoms with Crippen LogP contribution < -0.4 is 5.43 Å². The summed E-state index contributed by atoms with van der Waals surface area (Å²) in [4.78, 5) is 12.9. The lowest BCUT2D eigenvalue weighted by molar-refractivity contribution is 0.0959. The lowest BCUT2D eigenvalue weighted by atomic mass is 10.1. The van der Waals surface area contributed by atoms with Gasteiger partial charge in [-0.15, -0.1) is 11.3 Å². The molecule has 0 aliphatic carbocycles. The number of rotatable bonds is 3. The van der Waals surface area contributed by atoms with Crippen molar-refractivity contribution in [3.05, 3.63) is 69.7 Å². The topological polar surface area (TPSA) is 46.4 Å². The second-order valence-electron chi connectivity index (χ2n) is 6.02. The first kappa shape index (κ1) is 16.8. The number of nitrogens with one attached hydrogen (secondary N) is 1. The fourth-order valence-corrected chi connectivity index (χ4v) is 4.49. The third-order valence-electron chi connectivity index (χ3n) is 4.55. The van der Waals surface area contributed by atoms with Gasteiger partial charge in [-0.3, -0.25) is 4.79 Å². The Morgan fingerprint density at radius 1 is 1.15 bits per heavy atom. The van der Waals surface area contributed by atoms with Crippen molar-refractivity contribution < 1.29 is 4.79 Å². The highest BCUT2D eigenvalue weighted by atomic mass is 35.5. The summed E-state index contributed by atoms with van der Waals surface area (Å²) >= 11 is 7.72. The molecule has 0 bridgehead atoms. The van der Waals surface area contributed by atoms with Crippen molar-refractivity contribution in [2.45, 2.75) is 6.92 Å². The Morgan fingerprint density at radius 2 is 1.85 bits per heavy atom. The Kier molecular flexibility index (Phi) is 4.26. The van der Waals surface area contributed by atoms with Gasteiger partial charge in [0.15, 0.2) is 0 Å². The van der Waals surface area contributed by atoms with Gasteiger partial charge >= 0.3 is 0 Å². The molecule has 130 valence electrons. The van der Waals surface area contributed by atoms with Gasteiger partial charge in [0.05, 0.1) is 11.2 Å². The Bertz CT molecular complexity index is 1170. The molecule has 6 heteroatoms. The SMILES string of the molecule is Cc1c(C=NNC(=O)c2sc3ccccc3c2Cl)c2ccccc2n1C. The molecule has 0 saturated heterocycles. The minimum atomic E-state index is -0.301. The van der Waals surface area contributed by atoms with Gasteiger partial charge in [0, 0.05) is 39.3 Å². The molecule has 0 radical (unpaired) electrons. The van der Waals surface area contributed by atoms with Crippen LogP contribution in [0.4, 0.5) is 0 Å². The van der Waals surface area contributed by atoms with E-state index in [9.17, 15) is 4.79 Å². The maximum atomic E-state index is 12.5. The van der Waals surface area contributed by atoms with Gasteiger partial charge in [0.2, 0.25) is 0 Å². The summed E-state index contributed by atoms with van der Waals surface area (Å²) in [5, 5.41) is 6.62. The summed E-state index contributed by atoms with van der Waals surface area (Å²) < 4.78 is 3.10. The van der Waals surface area contributed by atoms with Gasteiger partial charge in [-0.05, 0) is 19.1 Å². The van der Waals surface area contributed by atoms with Crippen molar-refractivity contribution in [2.75, 3.05) is 0 Å². The summed E-state index contributed by atoms with van der Waals surface area (Å²) in [6.07, 6.45) is 1.69. The highest BCUT2D eigenvalue weighted by molar-refractivity contribution is 7.21. The molecule has 2 aromatic carbocycles. The first-order valence-corrected chi connectivity index (χ1v) is 9.32. The van der Waals surface area contributed by atoms with Crippen molar-refractivity contribution in [1.82, 2.24) is 9.99 Å². The number of nitrogens with zero attached hydrogens (tertiary/aromatic N) is 2. The number of hydrazone groups is 1. The minimum Gasteiger partial charge on any atom is -0.347 e. The summed E-state index contributed by atoms with van der Waals surface area (Å²) in [6.45, 7) is 2.03. The maximum absolute atomic E-state index is 12.5. The molecule has 0 fully saturated rings. The summed E-state index contributed by atoms with van der Waals surface area (Å²) in [5.41, 5.74) is 5.81. The van der Waals surface area contributed by atoms with Gasteiger partial charge in [-0.2, -0.15) is 5.10 Å². The average molecular weight is 382 g/mol. The van der Waals surface area contributed by atoms with Gasteiger partial charge < -0.3 is 4.57 Å². The zero-order chi connectivity index (χ0) is 18.3. The average Bonchev–Trinajstić information content (AvgIpc) is 3.12. The number of thiophene rings is 1. The highest BCUT2D eigenvalue weighted by Crippen LogP contribution is 2.35. The van der Waals surface area contributed by atoms with Crippen molar-refractivity contribution in [3.63, 3.8) is 0 Å². The smallest absolute Gasteiger partial charge is 0.283 e. The molecule has 2 aromatic heterocycles. The second-order valence-corrected chi connectivity index (χ2v) is 7.45. The number of halogens is 1. The lowest BCUT2D eigenvalue weighted by Gasteiger charge is -1.99. The van der Waals surface area contributed by atoms with Crippen LogP contribution in [0.3, 0.4) is 0 Å². The second kappa shape index (κ2) is 6.59. The van der Waals surface area contributed by atoms with Crippen LogP contribution in [0.5, 0.6) is 0 Å². The van der Waals surface area contributed by atoms with Crippen LogP contribution in [0, 0.1) is 6.92 Å². The molecule has 1 amide bonds. The number of carbonyl (C=O) groups excluding carboxylic acids is 1. The van der Waals surface area contributed by atoms with Crippen molar-refractivity contribution in [3.8, 4) is 0 Å². The predicted molar refractivity (Wildman–Crippen MR) is 110 cm³/mol. The van der Waals surface area contributed by atoms with E-state index < -0.39 is 0 Å². The predicted octanol–water partition coefficient (Wildman–Crippen LogP) is 5.12. The van der Waals surface area contributed by atoms with E-state index >= 15 is 0 Å². The molecule has 4 nitrogen and oxygen atoms in total. The molecule has 4 aromatic rings. The molecule has 0 unspecified atom stereocenters. The van der Waals surface area contributed by atoms with E-state index in [0.717, 1.165) is 32.2 Å². The quantitative estimate of drug-likeness (QED) is 0.388. The summed E-state index contributed by atoms with van der Waals surface area (Å²) in [7, 11) is 2.02. The Labute approximate surface area is 159 Å². The third kappa shape index (κ3) is 2.69. The van der Waals surface area contributed by atoms with Crippen LogP contribution >= 0.6 is 22.9 Å². The number of carbonyl (C=O) groups is 1. The highest BCUT2D eigenvalue weighted by Gasteiger charge is 2.16. The molecular weight excluding hydrogens is 366 g/mol. The molecule has 0 aliphatic heterocycles. The number of para-hydroxylation sites is 1. The number of hydrogen-bond donors (Lipinski definition) is 1. The Morgan fingerprint density at radius 3 is 2.62 bits per heavy atom. The standard InChI is InChI=1S/C20H16ClN3OS/c1-12-15(13-7-3-5-9-16(13)24(12)2)11-22-23-20(25)19-18(21)14-8-4-6-10-17(14)26-19/h3-11H,1-2H3,(H,23,25). The fraction of sp³-hybridized carbons (Fsp3) is 0.100. The number of fused-ring (bicyclic) bond motifs is 2. The number of benzene rings is 2. The third-order valence-corrected chi connectivity index (χ3v) is 6.22. The Hall–Kier alpha value is -2.63. The van der Waals surface area contributed by atoms with E-state index in [1.54, 1.807) is 6.21 Å². The van der Waals surface area contributed by atoms with Crippen LogP contribution in [0.2, 0.25) is 5.02 Å². The molecule has 2 heterocycles. The molecule has 1 N–H and O–H groups in total. The van der Waals surface area contributed by atoms with E-state index in [2.05, 4.69) is 21.2 Å². The van der Waals surface area contributed by atoms with E-state index in [-0.39, 0.29) is 5.91 Å². The molecule has 26 heavy (non-hydrogen) atoms. The van der Waals surface area contributed by atoms with Crippen LogP contribution in [-0.4, -0.2) is 16.7 Å². The molecule has 0 atom stereocenters. The monoisotopic (exact) mass is 381 g/mol. The van der Waals surface area contributed by atoms with Gasteiger partial charge in [-0.25, -0.2) is 5.43 Å². The van der Waals surface area contributed by atoms with Gasteiger partial charge in [-0.1, -0.05) is 48.0 Å². The number of amides is 1. The van der Waals surface area contributed by atoms with Crippen molar-refractivity contribution in [1.29, 1.82) is 0 Å². The van der Waals surface area contributed by atoms with Crippen LogP contribution in [0.1, 0.15) is 20.9 Å². The largest absolute Gasteiger partial charge is 0.347 e. The molecule has 0 saturated carbocycles. The summed E-state index contributed by atoms with van der Waals surface area (Å²) in [6, 6.07) is 15.8. The normalized spacial score (nSPS) is 11.7. The van der Waals surface area contributed by atoms with Crippen LogP contribution in [-0.2, 0) is 7.05 Å². The molecule has 4 rings (SSSR count). The molecule has 0 spiro atoms. The lowest BCUT2D eigenvalue weighted by Crippen LogP contribution is -2.16. The van der Waals surface area contributed by atoms with E-state index in [1.807, 2.05) is 56.4 Å². The van der Waals surface area contributed by atoms with Crippen molar-refractivity contribution >= 4 is 56.0 Å². The number of aryl methyl sites for hydroxylation is 1. The zero-order valence-corrected chi connectivity index (χ0v) is 15.9. The minimum absolute atomic E-state index is 0.301. The van der Waals surface area contributed by atoms with Crippen LogP contribution in [0.25, 0.3) is 21.0 Å². The van der Waals surface area contributed by atoms with Crippen molar-refractivity contribution in [2.24, 2.45) is 12.1 Å². The van der Waals surface area contributed by atoms with E-state index in [1.165, 1.54) is 11.3 Å². The number of aromatic nitrogens is 1. The number of hydrogen-bond acceptors (Lipinski definition) is 3.